The van der Waals surface area contributed by atoms with Crippen LogP contribution in [-0.2, 0) is 6.61 Å². The van der Waals surface area contributed by atoms with E-state index in [9.17, 15) is 14.3 Å². The lowest BCUT2D eigenvalue weighted by Gasteiger charge is -2.10. The predicted octanol–water partition coefficient (Wildman–Crippen LogP) is 3.16. The minimum absolute atomic E-state index is 0.200. The molecule has 0 saturated carbocycles. The smallest absolute Gasteiger partial charge is 0.335 e. The number of aliphatic hydroxyl groups excluding tert-OH is 1. The number of carboxylic acids is 1. The molecule has 4 nitrogen and oxygen atoms in total. The first-order valence-corrected chi connectivity index (χ1v) is 6.40. The maximum Gasteiger partial charge on any atom is 0.335 e. The highest BCUT2D eigenvalue weighted by molar-refractivity contribution is 5.87. The second-order valence-electron chi connectivity index (χ2n) is 4.65. The van der Waals surface area contributed by atoms with Gasteiger partial charge in [-0.3, -0.25) is 0 Å². The summed E-state index contributed by atoms with van der Waals surface area (Å²) < 4.78 is 19.1. The summed E-state index contributed by atoms with van der Waals surface area (Å²) >= 11 is 0. The molecule has 2 aromatic rings. The summed E-state index contributed by atoms with van der Waals surface area (Å²) in [6.45, 7) is 1.69. The fraction of sp³-hybridized carbons (Fsp3) is 0.188. The zero-order valence-corrected chi connectivity index (χ0v) is 11.4. The largest absolute Gasteiger partial charge is 0.489 e. The van der Waals surface area contributed by atoms with Crippen molar-refractivity contribution in [3.63, 3.8) is 0 Å². The third kappa shape index (κ3) is 3.79. The zero-order valence-electron chi connectivity index (χ0n) is 11.4. The van der Waals surface area contributed by atoms with E-state index in [0.717, 1.165) is 5.56 Å². The molecule has 0 aromatic heterocycles. The van der Waals surface area contributed by atoms with E-state index in [0.29, 0.717) is 5.75 Å². The Bertz CT molecular complexity index is 635. The number of rotatable bonds is 5. The van der Waals surface area contributed by atoms with Gasteiger partial charge >= 0.3 is 5.97 Å². The van der Waals surface area contributed by atoms with Gasteiger partial charge in [-0.25, -0.2) is 9.18 Å². The van der Waals surface area contributed by atoms with E-state index in [1.807, 2.05) is 0 Å². The van der Waals surface area contributed by atoms with Crippen LogP contribution >= 0.6 is 0 Å². The van der Waals surface area contributed by atoms with Crippen LogP contribution in [0.2, 0.25) is 0 Å². The third-order valence-electron chi connectivity index (χ3n) is 3.03. The molecule has 0 radical (unpaired) electrons. The van der Waals surface area contributed by atoms with E-state index in [1.54, 1.807) is 18.2 Å². The van der Waals surface area contributed by atoms with E-state index in [-0.39, 0.29) is 17.7 Å². The van der Waals surface area contributed by atoms with Crippen LogP contribution in [0.3, 0.4) is 0 Å². The van der Waals surface area contributed by atoms with Crippen molar-refractivity contribution in [1.82, 2.24) is 0 Å². The first kappa shape index (κ1) is 15.0. The van der Waals surface area contributed by atoms with Gasteiger partial charge in [0.25, 0.3) is 0 Å². The van der Waals surface area contributed by atoms with Crippen molar-refractivity contribution in [2.75, 3.05) is 0 Å². The highest BCUT2D eigenvalue weighted by Gasteiger charge is 2.09. The van der Waals surface area contributed by atoms with Crippen LogP contribution in [0, 0.1) is 5.82 Å². The number of halogens is 1. The number of aromatic carboxylic acids is 1. The van der Waals surface area contributed by atoms with Gasteiger partial charge in [-0.2, -0.15) is 0 Å². The Morgan fingerprint density at radius 1 is 1.24 bits per heavy atom. The molecule has 0 spiro atoms. The highest BCUT2D eigenvalue weighted by atomic mass is 19.1. The summed E-state index contributed by atoms with van der Waals surface area (Å²) in [5.41, 5.74) is 1.19. The topological polar surface area (TPSA) is 66.8 Å². The molecular formula is C16H15FO4. The van der Waals surface area contributed by atoms with E-state index in [2.05, 4.69) is 0 Å². The van der Waals surface area contributed by atoms with E-state index >= 15 is 0 Å². The molecule has 0 saturated heterocycles. The number of hydrogen-bond acceptors (Lipinski definition) is 3. The maximum absolute atomic E-state index is 13.7. The van der Waals surface area contributed by atoms with Gasteiger partial charge in [-0.1, -0.05) is 12.1 Å². The van der Waals surface area contributed by atoms with Crippen LogP contribution in [0.4, 0.5) is 4.39 Å². The quantitative estimate of drug-likeness (QED) is 0.887. The Kier molecular flexibility index (Phi) is 4.55. The monoisotopic (exact) mass is 290 g/mol. The summed E-state index contributed by atoms with van der Waals surface area (Å²) in [5.74, 6) is -1.17. The van der Waals surface area contributed by atoms with Crippen molar-refractivity contribution in [3.8, 4) is 5.75 Å². The van der Waals surface area contributed by atoms with Crippen molar-refractivity contribution in [1.29, 1.82) is 0 Å². The molecule has 0 aliphatic carbocycles. The number of aliphatic hydroxyl groups is 1. The van der Waals surface area contributed by atoms with Gasteiger partial charge in [0.05, 0.1) is 11.7 Å². The summed E-state index contributed by atoms with van der Waals surface area (Å²) in [6.07, 6.45) is -0.873. The lowest BCUT2D eigenvalue weighted by Crippen LogP contribution is -2.00. The van der Waals surface area contributed by atoms with E-state index in [1.165, 1.54) is 31.2 Å². The number of hydrogen-bond donors (Lipinski definition) is 2. The molecule has 2 aromatic carbocycles. The Hall–Kier alpha value is -2.40. The van der Waals surface area contributed by atoms with Crippen molar-refractivity contribution in [3.05, 3.63) is 65.0 Å². The lowest BCUT2D eigenvalue weighted by molar-refractivity contribution is 0.0697. The second-order valence-corrected chi connectivity index (χ2v) is 4.65. The van der Waals surface area contributed by atoms with Crippen LogP contribution < -0.4 is 4.74 Å². The Morgan fingerprint density at radius 3 is 2.43 bits per heavy atom. The van der Waals surface area contributed by atoms with E-state index < -0.39 is 17.9 Å². The molecule has 2 N–H and O–H groups in total. The number of carboxylic acid groups (broad SMARTS) is 1. The predicted molar refractivity (Wildman–Crippen MR) is 74.8 cm³/mol. The number of carbonyl (C=O) groups is 1. The van der Waals surface area contributed by atoms with Crippen LogP contribution in [0.25, 0.3) is 0 Å². The minimum atomic E-state index is -0.988. The number of benzene rings is 2. The third-order valence-corrected chi connectivity index (χ3v) is 3.03. The molecular weight excluding hydrogens is 275 g/mol. The first-order chi connectivity index (χ1) is 9.97. The molecule has 0 aliphatic rings. The molecule has 21 heavy (non-hydrogen) atoms. The fourth-order valence-electron chi connectivity index (χ4n) is 1.85. The standard InChI is InChI=1S/C16H15FO4/c1-10(18)14-7-6-13(8-15(14)17)21-9-11-2-4-12(5-3-11)16(19)20/h2-8,10,18H,9H2,1H3,(H,19,20)/t10-/m0/s1. The molecule has 0 amide bonds. The minimum Gasteiger partial charge on any atom is -0.489 e. The summed E-state index contributed by atoms with van der Waals surface area (Å²) in [4.78, 5) is 10.7. The molecule has 1 atom stereocenters. The van der Waals surface area contributed by atoms with Crippen LogP contribution in [-0.4, -0.2) is 16.2 Å². The lowest BCUT2D eigenvalue weighted by atomic mass is 10.1. The van der Waals surface area contributed by atoms with Gasteiger partial charge < -0.3 is 14.9 Å². The maximum atomic E-state index is 13.7. The molecule has 110 valence electrons. The highest BCUT2D eigenvalue weighted by Crippen LogP contribution is 2.22. The van der Waals surface area contributed by atoms with Crippen molar-refractivity contribution in [2.45, 2.75) is 19.6 Å². The van der Waals surface area contributed by atoms with Gasteiger partial charge in [0.2, 0.25) is 0 Å². The molecule has 0 heterocycles. The molecule has 0 bridgehead atoms. The molecule has 5 heteroatoms. The van der Waals surface area contributed by atoms with Crippen molar-refractivity contribution in [2.24, 2.45) is 0 Å². The average Bonchev–Trinajstić information content (AvgIpc) is 2.45. The Morgan fingerprint density at radius 2 is 1.90 bits per heavy atom. The van der Waals surface area contributed by atoms with Gasteiger partial charge in [0.1, 0.15) is 18.2 Å². The van der Waals surface area contributed by atoms with Crippen LogP contribution in [0.15, 0.2) is 42.5 Å². The number of ether oxygens (including phenoxy) is 1. The summed E-state index contributed by atoms with van der Waals surface area (Å²) in [5, 5.41) is 18.1. The Balaban J connectivity index is 2.02. The van der Waals surface area contributed by atoms with E-state index in [4.69, 9.17) is 9.84 Å². The molecule has 0 fully saturated rings. The molecule has 0 aliphatic heterocycles. The molecule has 2 rings (SSSR count). The SMILES string of the molecule is C[C@H](O)c1ccc(OCc2ccc(C(=O)O)cc2)cc1F. The van der Waals surface area contributed by atoms with Crippen LogP contribution in [0.1, 0.15) is 34.5 Å². The molecule has 0 unspecified atom stereocenters. The Labute approximate surface area is 121 Å². The normalized spacial score (nSPS) is 12.0. The zero-order chi connectivity index (χ0) is 15.4. The van der Waals surface area contributed by atoms with Gasteiger partial charge in [0.15, 0.2) is 0 Å². The van der Waals surface area contributed by atoms with Crippen LogP contribution in [0.5, 0.6) is 5.75 Å². The second kappa shape index (κ2) is 6.37. The van der Waals surface area contributed by atoms with Gasteiger partial charge in [0, 0.05) is 11.6 Å². The summed E-state index contributed by atoms with van der Waals surface area (Å²) in [7, 11) is 0. The fourth-order valence-corrected chi connectivity index (χ4v) is 1.85. The van der Waals surface area contributed by atoms with Crippen molar-refractivity contribution >= 4 is 5.97 Å². The summed E-state index contributed by atoms with van der Waals surface area (Å²) in [6, 6.07) is 10.5. The van der Waals surface area contributed by atoms with Gasteiger partial charge in [-0.15, -0.1) is 0 Å². The average molecular weight is 290 g/mol. The first-order valence-electron chi connectivity index (χ1n) is 6.40. The van der Waals surface area contributed by atoms with Gasteiger partial charge in [-0.05, 0) is 36.8 Å². The van der Waals surface area contributed by atoms with Crippen molar-refractivity contribution < 1.29 is 24.1 Å².